The van der Waals surface area contributed by atoms with E-state index in [-0.39, 0.29) is 11.8 Å². The van der Waals surface area contributed by atoms with Crippen LogP contribution in [-0.4, -0.2) is 42.4 Å². The first-order valence-electron chi connectivity index (χ1n) is 8.59. The molecule has 2 aliphatic rings. The summed E-state index contributed by atoms with van der Waals surface area (Å²) in [5.74, 6) is 0.564. The van der Waals surface area contributed by atoms with E-state index in [0.717, 1.165) is 34.1 Å². The van der Waals surface area contributed by atoms with Crippen LogP contribution in [0.5, 0.6) is 0 Å². The summed E-state index contributed by atoms with van der Waals surface area (Å²) in [5, 5.41) is 5.96. The first-order chi connectivity index (χ1) is 12.1. The van der Waals surface area contributed by atoms with E-state index in [1.54, 1.807) is 0 Å². The van der Waals surface area contributed by atoms with Crippen LogP contribution in [0.1, 0.15) is 23.0 Å². The van der Waals surface area contributed by atoms with E-state index in [0.29, 0.717) is 12.0 Å². The van der Waals surface area contributed by atoms with E-state index in [1.165, 1.54) is 31.2 Å². The average Bonchev–Trinajstić information content (AvgIpc) is 3.31. The van der Waals surface area contributed by atoms with Crippen molar-refractivity contribution >= 4 is 28.8 Å². The lowest BCUT2D eigenvalue weighted by molar-refractivity contribution is -0.114. The van der Waals surface area contributed by atoms with Crippen LogP contribution in [0.15, 0.2) is 36.4 Å². The highest BCUT2D eigenvalue weighted by Gasteiger charge is 2.38. The van der Waals surface area contributed by atoms with Crippen molar-refractivity contribution in [2.75, 3.05) is 25.0 Å². The third-order valence-electron chi connectivity index (χ3n) is 4.97. The Hall–Kier alpha value is -2.18. The zero-order valence-electron chi connectivity index (χ0n) is 14.1. The minimum atomic E-state index is -0.0835. The van der Waals surface area contributed by atoms with E-state index < -0.39 is 0 Å². The molecular weight excluding hydrogens is 334 g/mol. The number of benzene rings is 1. The molecule has 130 valence electrons. The Morgan fingerprint density at radius 3 is 2.56 bits per heavy atom. The van der Waals surface area contributed by atoms with E-state index in [4.69, 9.17) is 0 Å². The predicted molar refractivity (Wildman–Crippen MR) is 99.9 cm³/mol. The van der Waals surface area contributed by atoms with Gasteiger partial charge in [0.2, 0.25) is 5.91 Å². The third-order valence-corrected chi connectivity index (χ3v) is 6.10. The van der Waals surface area contributed by atoms with Gasteiger partial charge in [0, 0.05) is 36.6 Å². The van der Waals surface area contributed by atoms with E-state index in [2.05, 4.69) is 15.5 Å². The molecule has 1 aromatic carbocycles. The Bertz CT molecular complexity index is 799. The Morgan fingerprint density at radius 2 is 1.92 bits per heavy atom. The topological polar surface area (TPSA) is 61.4 Å². The smallest absolute Gasteiger partial charge is 0.261 e. The van der Waals surface area contributed by atoms with Gasteiger partial charge in [-0.2, -0.15) is 0 Å². The van der Waals surface area contributed by atoms with Crippen LogP contribution in [-0.2, 0) is 4.79 Å². The molecule has 0 spiro atoms. The molecule has 2 unspecified atom stereocenters. The van der Waals surface area contributed by atoms with Gasteiger partial charge >= 0.3 is 0 Å². The van der Waals surface area contributed by atoms with Gasteiger partial charge in [-0.3, -0.25) is 9.59 Å². The maximum atomic E-state index is 12.5. The van der Waals surface area contributed by atoms with Gasteiger partial charge in [-0.15, -0.1) is 11.3 Å². The number of hydrogen-bond acceptors (Lipinski definition) is 4. The summed E-state index contributed by atoms with van der Waals surface area (Å²) < 4.78 is 0. The Labute approximate surface area is 151 Å². The Balaban J connectivity index is 1.42. The fourth-order valence-electron chi connectivity index (χ4n) is 3.72. The van der Waals surface area contributed by atoms with Crippen molar-refractivity contribution in [1.82, 2.24) is 10.2 Å². The lowest BCUT2D eigenvalue weighted by Crippen LogP contribution is -2.42. The van der Waals surface area contributed by atoms with Crippen molar-refractivity contribution in [2.45, 2.75) is 19.4 Å². The quantitative estimate of drug-likeness (QED) is 0.887. The molecule has 2 fully saturated rings. The van der Waals surface area contributed by atoms with Crippen LogP contribution in [0.25, 0.3) is 10.4 Å². The maximum absolute atomic E-state index is 12.5. The van der Waals surface area contributed by atoms with Crippen LogP contribution < -0.4 is 10.6 Å². The number of nitrogens with one attached hydrogen (secondary N) is 2. The second-order valence-corrected chi connectivity index (χ2v) is 7.89. The minimum Gasteiger partial charge on any atom is -0.347 e. The van der Waals surface area contributed by atoms with Crippen LogP contribution >= 0.6 is 11.3 Å². The minimum absolute atomic E-state index is 0.0323. The molecule has 2 bridgehead atoms. The number of fused-ring (bicyclic) bond motifs is 2. The third kappa shape index (κ3) is 3.45. The number of rotatable bonds is 4. The number of anilines is 1. The number of piperidine rings is 1. The Morgan fingerprint density at radius 1 is 1.12 bits per heavy atom. The van der Waals surface area contributed by atoms with Crippen molar-refractivity contribution in [3.8, 4) is 10.4 Å². The number of carbonyl (C=O) groups excluding carboxylic acids is 2. The van der Waals surface area contributed by atoms with Crippen molar-refractivity contribution in [1.29, 1.82) is 0 Å². The van der Waals surface area contributed by atoms with Crippen molar-refractivity contribution in [3.05, 3.63) is 41.3 Å². The Kier molecular flexibility index (Phi) is 4.31. The second-order valence-electron chi connectivity index (χ2n) is 6.81. The SMILES string of the molecule is CC(=O)Nc1ccc(-c2ccc(C(=O)NC3CN4CC[C@H]3C4)s2)cc1. The highest BCUT2D eigenvalue weighted by Crippen LogP contribution is 2.31. The molecule has 3 atom stereocenters. The molecule has 2 aromatic rings. The molecule has 3 heterocycles. The molecule has 2 saturated heterocycles. The normalized spacial score (nSPS) is 24.3. The molecular formula is C19H21N3O2S. The van der Waals surface area contributed by atoms with E-state index >= 15 is 0 Å². The molecule has 2 N–H and O–H groups in total. The number of hydrogen-bond donors (Lipinski definition) is 2. The summed E-state index contributed by atoms with van der Waals surface area (Å²) in [4.78, 5) is 27.8. The van der Waals surface area contributed by atoms with Crippen LogP contribution in [0.4, 0.5) is 5.69 Å². The van der Waals surface area contributed by atoms with Gasteiger partial charge in [-0.05, 0) is 48.7 Å². The van der Waals surface area contributed by atoms with Gasteiger partial charge < -0.3 is 15.5 Å². The molecule has 6 heteroatoms. The summed E-state index contributed by atoms with van der Waals surface area (Å²) in [5.41, 5.74) is 1.82. The molecule has 2 amide bonds. The fourth-order valence-corrected chi connectivity index (χ4v) is 4.64. The molecule has 2 aliphatic heterocycles. The van der Waals surface area contributed by atoms with Gasteiger partial charge in [0.15, 0.2) is 0 Å². The number of carbonyl (C=O) groups is 2. The average molecular weight is 355 g/mol. The summed E-state index contributed by atoms with van der Waals surface area (Å²) in [6.45, 7) is 4.78. The van der Waals surface area contributed by atoms with Crippen molar-refractivity contribution < 1.29 is 9.59 Å². The molecule has 0 saturated carbocycles. The summed E-state index contributed by atoms with van der Waals surface area (Å²) >= 11 is 1.50. The highest BCUT2D eigenvalue weighted by atomic mass is 32.1. The van der Waals surface area contributed by atoms with Crippen LogP contribution in [0.3, 0.4) is 0 Å². The second kappa shape index (κ2) is 6.61. The monoisotopic (exact) mass is 355 g/mol. The van der Waals surface area contributed by atoms with Crippen molar-refractivity contribution in [2.24, 2.45) is 5.92 Å². The zero-order valence-corrected chi connectivity index (χ0v) is 14.9. The standard InChI is InChI=1S/C19H21N3O2S/c1-12(23)20-15-4-2-13(3-5-15)17-6-7-18(25-17)19(24)21-16-11-22-9-8-14(16)10-22/h2-7,14,16H,8-11H2,1H3,(H,20,23)(H,21,24)/t14-,16?/m0/s1. The van der Waals surface area contributed by atoms with Gasteiger partial charge in [-0.1, -0.05) is 12.1 Å². The van der Waals surface area contributed by atoms with Gasteiger partial charge in [0.05, 0.1) is 4.88 Å². The molecule has 1 aromatic heterocycles. The van der Waals surface area contributed by atoms with E-state index in [1.807, 2.05) is 36.4 Å². The molecule has 4 rings (SSSR count). The zero-order chi connectivity index (χ0) is 17.4. The van der Waals surface area contributed by atoms with Crippen LogP contribution in [0.2, 0.25) is 0 Å². The van der Waals surface area contributed by atoms with Crippen LogP contribution in [0, 0.1) is 5.92 Å². The summed E-state index contributed by atoms with van der Waals surface area (Å²) in [7, 11) is 0. The maximum Gasteiger partial charge on any atom is 0.261 e. The van der Waals surface area contributed by atoms with E-state index in [9.17, 15) is 9.59 Å². The highest BCUT2D eigenvalue weighted by molar-refractivity contribution is 7.17. The lowest BCUT2D eigenvalue weighted by atomic mass is 10.00. The number of thiophene rings is 1. The lowest BCUT2D eigenvalue weighted by Gasteiger charge is -2.22. The number of amides is 2. The largest absolute Gasteiger partial charge is 0.347 e. The first kappa shape index (κ1) is 16.3. The molecule has 0 radical (unpaired) electrons. The number of nitrogens with zero attached hydrogens (tertiary/aromatic N) is 1. The predicted octanol–water partition coefficient (Wildman–Crippen LogP) is 2.81. The van der Waals surface area contributed by atoms with Crippen molar-refractivity contribution in [3.63, 3.8) is 0 Å². The van der Waals surface area contributed by atoms with Gasteiger partial charge in [0.25, 0.3) is 5.91 Å². The molecule has 5 nitrogen and oxygen atoms in total. The summed E-state index contributed by atoms with van der Waals surface area (Å²) in [6.07, 6.45) is 1.20. The van der Waals surface area contributed by atoms with Gasteiger partial charge in [0.1, 0.15) is 0 Å². The van der Waals surface area contributed by atoms with Gasteiger partial charge in [-0.25, -0.2) is 0 Å². The molecule has 0 aliphatic carbocycles. The molecule has 25 heavy (non-hydrogen) atoms. The summed E-state index contributed by atoms with van der Waals surface area (Å²) in [6, 6.07) is 11.8. The fraction of sp³-hybridized carbons (Fsp3) is 0.368. The first-order valence-corrected chi connectivity index (χ1v) is 9.41.